The van der Waals surface area contributed by atoms with E-state index in [2.05, 4.69) is 11.0 Å². The lowest BCUT2D eigenvalue weighted by Gasteiger charge is -2.18. The van der Waals surface area contributed by atoms with Crippen LogP contribution in [0, 0.1) is 17.2 Å². The molecule has 0 saturated carbocycles. The van der Waals surface area contributed by atoms with Gasteiger partial charge in [-0.15, -0.1) is 0 Å². The van der Waals surface area contributed by atoms with E-state index in [9.17, 15) is 0 Å². The van der Waals surface area contributed by atoms with Gasteiger partial charge in [-0.25, -0.2) is 0 Å². The summed E-state index contributed by atoms with van der Waals surface area (Å²) in [5, 5.41) is 8.76. The van der Waals surface area contributed by atoms with Gasteiger partial charge in [0.15, 0.2) is 11.5 Å². The second-order valence-corrected chi connectivity index (χ2v) is 4.52. The van der Waals surface area contributed by atoms with E-state index in [0.29, 0.717) is 13.2 Å². The third-order valence-electron chi connectivity index (χ3n) is 2.69. The Bertz CT molecular complexity index is 415. The SMILES string of the molecule is CCOc1ccccc1OCCN(C)CC(C)C#N. The number of benzene rings is 1. The molecule has 1 rings (SSSR count). The number of hydrogen-bond donors (Lipinski definition) is 0. The van der Waals surface area contributed by atoms with Crippen molar-refractivity contribution in [1.82, 2.24) is 4.90 Å². The molecule has 19 heavy (non-hydrogen) atoms. The second-order valence-electron chi connectivity index (χ2n) is 4.52. The fourth-order valence-corrected chi connectivity index (χ4v) is 1.76. The highest BCUT2D eigenvalue weighted by Gasteiger charge is 2.07. The highest BCUT2D eigenvalue weighted by atomic mass is 16.5. The van der Waals surface area contributed by atoms with E-state index in [0.717, 1.165) is 24.6 Å². The first-order chi connectivity index (χ1) is 9.17. The second kappa shape index (κ2) is 8.39. The van der Waals surface area contributed by atoms with Crippen LogP contribution in [0.3, 0.4) is 0 Å². The summed E-state index contributed by atoms with van der Waals surface area (Å²) in [5.74, 6) is 1.59. The number of nitrogens with zero attached hydrogens (tertiary/aromatic N) is 2. The molecule has 4 heteroatoms. The van der Waals surface area contributed by atoms with E-state index in [1.165, 1.54) is 0 Å². The van der Waals surface area contributed by atoms with E-state index in [1.807, 2.05) is 45.2 Å². The Labute approximate surface area is 115 Å². The molecule has 0 aliphatic rings. The minimum absolute atomic E-state index is 0.0423. The molecular weight excluding hydrogens is 240 g/mol. The molecule has 104 valence electrons. The van der Waals surface area contributed by atoms with Crippen molar-refractivity contribution in [3.63, 3.8) is 0 Å². The van der Waals surface area contributed by atoms with Crippen molar-refractivity contribution in [1.29, 1.82) is 5.26 Å². The van der Waals surface area contributed by atoms with Gasteiger partial charge < -0.3 is 14.4 Å². The number of ether oxygens (including phenoxy) is 2. The first-order valence-electron chi connectivity index (χ1n) is 6.60. The van der Waals surface area contributed by atoms with E-state index >= 15 is 0 Å². The summed E-state index contributed by atoms with van der Waals surface area (Å²) in [5.41, 5.74) is 0. The third kappa shape index (κ3) is 5.62. The minimum Gasteiger partial charge on any atom is -0.490 e. The van der Waals surface area contributed by atoms with Crippen LogP contribution in [0.15, 0.2) is 24.3 Å². The van der Waals surface area contributed by atoms with Gasteiger partial charge in [-0.3, -0.25) is 0 Å². The molecule has 0 fully saturated rings. The molecule has 0 N–H and O–H groups in total. The number of likely N-dealkylation sites (N-methyl/N-ethyl adjacent to an activating group) is 1. The van der Waals surface area contributed by atoms with E-state index in [-0.39, 0.29) is 5.92 Å². The van der Waals surface area contributed by atoms with Gasteiger partial charge in [0.1, 0.15) is 6.61 Å². The Kier molecular flexibility index (Phi) is 6.76. The van der Waals surface area contributed by atoms with Gasteiger partial charge in [0, 0.05) is 13.1 Å². The molecule has 4 nitrogen and oxygen atoms in total. The summed E-state index contributed by atoms with van der Waals surface area (Å²) in [4.78, 5) is 2.09. The molecule has 0 aliphatic heterocycles. The smallest absolute Gasteiger partial charge is 0.161 e. The third-order valence-corrected chi connectivity index (χ3v) is 2.69. The van der Waals surface area contributed by atoms with Crippen LogP contribution in [0.1, 0.15) is 13.8 Å². The van der Waals surface area contributed by atoms with Crippen molar-refractivity contribution in [2.45, 2.75) is 13.8 Å². The van der Waals surface area contributed by atoms with Crippen LogP contribution in [-0.4, -0.2) is 38.3 Å². The van der Waals surface area contributed by atoms with Crippen molar-refractivity contribution in [2.75, 3.05) is 33.4 Å². The molecule has 1 aromatic rings. The van der Waals surface area contributed by atoms with E-state index < -0.39 is 0 Å². The van der Waals surface area contributed by atoms with Crippen molar-refractivity contribution in [3.8, 4) is 17.6 Å². The molecule has 0 amide bonds. The summed E-state index contributed by atoms with van der Waals surface area (Å²) in [6.45, 7) is 6.62. The van der Waals surface area contributed by atoms with Gasteiger partial charge in [0.25, 0.3) is 0 Å². The van der Waals surface area contributed by atoms with Gasteiger partial charge in [0.2, 0.25) is 0 Å². The Morgan fingerprint density at radius 2 is 1.89 bits per heavy atom. The zero-order valence-corrected chi connectivity index (χ0v) is 11.9. The summed E-state index contributed by atoms with van der Waals surface area (Å²) in [6.07, 6.45) is 0. The molecule has 0 bridgehead atoms. The van der Waals surface area contributed by atoms with Gasteiger partial charge in [0.05, 0.1) is 18.6 Å². The predicted octanol–water partition coefficient (Wildman–Crippen LogP) is 2.56. The normalized spacial score (nSPS) is 11.9. The Morgan fingerprint density at radius 3 is 2.47 bits per heavy atom. The van der Waals surface area contributed by atoms with Crippen LogP contribution < -0.4 is 9.47 Å². The summed E-state index contributed by atoms with van der Waals surface area (Å²) in [6, 6.07) is 9.90. The lowest BCUT2D eigenvalue weighted by molar-refractivity contribution is 0.219. The minimum atomic E-state index is 0.0423. The Morgan fingerprint density at radius 1 is 1.26 bits per heavy atom. The molecular formula is C15H22N2O2. The predicted molar refractivity (Wildman–Crippen MR) is 75.4 cm³/mol. The first kappa shape index (κ1) is 15.3. The van der Waals surface area contributed by atoms with Crippen molar-refractivity contribution in [2.24, 2.45) is 5.92 Å². The molecule has 0 heterocycles. The number of para-hydroxylation sites is 2. The maximum Gasteiger partial charge on any atom is 0.161 e. The lowest BCUT2D eigenvalue weighted by Crippen LogP contribution is -2.28. The summed E-state index contributed by atoms with van der Waals surface area (Å²) < 4.78 is 11.2. The molecule has 0 saturated heterocycles. The fourth-order valence-electron chi connectivity index (χ4n) is 1.76. The topological polar surface area (TPSA) is 45.5 Å². The zero-order valence-electron chi connectivity index (χ0n) is 11.9. The monoisotopic (exact) mass is 262 g/mol. The largest absolute Gasteiger partial charge is 0.490 e. The highest BCUT2D eigenvalue weighted by molar-refractivity contribution is 5.39. The van der Waals surface area contributed by atoms with Crippen molar-refractivity contribution in [3.05, 3.63) is 24.3 Å². The molecule has 1 aromatic carbocycles. The average Bonchev–Trinajstić information content (AvgIpc) is 2.41. The van der Waals surface area contributed by atoms with Gasteiger partial charge >= 0.3 is 0 Å². The highest BCUT2D eigenvalue weighted by Crippen LogP contribution is 2.26. The van der Waals surface area contributed by atoms with Crippen LogP contribution in [0.2, 0.25) is 0 Å². The quantitative estimate of drug-likeness (QED) is 0.722. The van der Waals surface area contributed by atoms with Crippen LogP contribution in [0.25, 0.3) is 0 Å². The lowest BCUT2D eigenvalue weighted by atomic mass is 10.2. The Balaban J connectivity index is 2.39. The molecule has 0 aliphatic carbocycles. The van der Waals surface area contributed by atoms with Crippen molar-refractivity contribution >= 4 is 0 Å². The average molecular weight is 262 g/mol. The summed E-state index contributed by atoms with van der Waals surface area (Å²) in [7, 11) is 1.99. The van der Waals surface area contributed by atoms with Crippen LogP contribution in [0.5, 0.6) is 11.5 Å². The first-order valence-corrected chi connectivity index (χ1v) is 6.60. The summed E-state index contributed by atoms with van der Waals surface area (Å²) >= 11 is 0. The standard InChI is InChI=1S/C15H22N2O2/c1-4-18-14-7-5-6-8-15(14)19-10-9-17(3)12-13(2)11-16/h5-8,13H,4,9-10,12H2,1-3H3. The molecule has 1 unspecified atom stereocenters. The molecule has 0 aromatic heterocycles. The number of hydrogen-bond acceptors (Lipinski definition) is 4. The van der Waals surface area contributed by atoms with Crippen molar-refractivity contribution < 1.29 is 9.47 Å². The van der Waals surface area contributed by atoms with Gasteiger partial charge in [-0.05, 0) is 33.0 Å². The van der Waals surface area contributed by atoms with Gasteiger partial charge in [-0.1, -0.05) is 12.1 Å². The van der Waals surface area contributed by atoms with Crippen LogP contribution >= 0.6 is 0 Å². The number of nitriles is 1. The molecule has 0 radical (unpaired) electrons. The maximum atomic E-state index is 8.76. The number of rotatable bonds is 8. The molecule has 1 atom stereocenters. The maximum absolute atomic E-state index is 8.76. The molecule has 0 spiro atoms. The van der Waals surface area contributed by atoms with E-state index in [4.69, 9.17) is 14.7 Å². The van der Waals surface area contributed by atoms with Gasteiger partial charge in [-0.2, -0.15) is 5.26 Å². The van der Waals surface area contributed by atoms with Crippen LogP contribution in [-0.2, 0) is 0 Å². The zero-order chi connectivity index (χ0) is 14.1. The fraction of sp³-hybridized carbons (Fsp3) is 0.533. The van der Waals surface area contributed by atoms with Crippen LogP contribution in [0.4, 0.5) is 0 Å². The van der Waals surface area contributed by atoms with E-state index in [1.54, 1.807) is 0 Å². The Hall–Kier alpha value is -1.73.